The zero-order valence-corrected chi connectivity index (χ0v) is 11.3. The second kappa shape index (κ2) is 11.4. The first kappa shape index (κ1) is 18.5. The molecule has 1 heterocycles. The van der Waals surface area contributed by atoms with Crippen molar-refractivity contribution < 1.29 is 29.3 Å². The highest BCUT2D eigenvalue weighted by Crippen LogP contribution is 1.99. The van der Waals surface area contributed by atoms with Gasteiger partial charge in [0, 0.05) is 18.9 Å². The largest absolute Gasteiger partial charge is 0.483 e. The molecule has 21 heavy (non-hydrogen) atoms. The van der Waals surface area contributed by atoms with Crippen LogP contribution in [0.1, 0.15) is 5.82 Å². The van der Waals surface area contributed by atoms with E-state index in [2.05, 4.69) is 9.97 Å². The minimum absolute atomic E-state index is 0.164. The number of aliphatic hydroxyl groups is 1. The Kier molecular flexibility index (Phi) is 10.0. The summed E-state index contributed by atoms with van der Waals surface area (Å²) in [6.07, 6.45) is 3.21. The van der Waals surface area contributed by atoms with Gasteiger partial charge in [0.1, 0.15) is 19.0 Å². The molecule has 0 spiro atoms. The molecule has 0 fully saturated rings. The van der Waals surface area contributed by atoms with Gasteiger partial charge in [-0.2, -0.15) is 0 Å². The van der Waals surface area contributed by atoms with Crippen LogP contribution >= 0.6 is 0 Å². The van der Waals surface area contributed by atoms with Crippen LogP contribution in [0, 0.1) is 0 Å². The number of carbonyl (C=O) groups excluding carboxylic acids is 2. The monoisotopic (exact) mass is 302 g/mol. The highest BCUT2D eigenvalue weighted by atomic mass is 16.5. The number of amides is 2. The Balaban J connectivity index is 0.00000122. The number of ether oxygens (including phenoxy) is 1. The number of aromatic amines is 1. The molecule has 0 radical (unpaired) electrons. The summed E-state index contributed by atoms with van der Waals surface area (Å²) >= 11 is 0. The van der Waals surface area contributed by atoms with Gasteiger partial charge in [0.05, 0.1) is 13.2 Å². The fourth-order valence-corrected chi connectivity index (χ4v) is 1.31. The second-order valence-corrected chi connectivity index (χ2v) is 3.64. The average molecular weight is 302 g/mol. The van der Waals surface area contributed by atoms with Crippen molar-refractivity contribution in [1.29, 1.82) is 0 Å². The molecule has 5 N–H and O–H groups in total. The van der Waals surface area contributed by atoms with Gasteiger partial charge in [0.2, 0.25) is 11.8 Å². The van der Waals surface area contributed by atoms with Gasteiger partial charge in [-0.1, -0.05) is 0 Å². The van der Waals surface area contributed by atoms with Crippen LogP contribution in [-0.4, -0.2) is 69.7 Å². The van der Waals surface area contributed by atoms with Crippen LogP contribution in [0.25, 0.3) is 0 Å². The number of hydrogen-bond acceptors (Lipinski definition) is 6. The van der Waals surface area contributed by atoms with E-state index in [9.17, 15) is 9.59 Å². The average Bonchev–Trinajstić information content (AvgIpc) is 2.91. The summed E-state index contributed by atoms with van der Waals surface area (Å²) in [7, 11) is 0. The van der Waals surface area contributed by atoms with E-state index in [0.717, 1.165) is 0 Å². The number of nitrogens with one attached hydrogen (secondary N) is 1. The van der Waals surface area contributed by atoms with E-state index < -0.39 is 5.91 Å². The smallest absolute Gasteiger partial charge is 0.290 e. The number of H-pyrrole nitrogens is 1. The van der Waals surface area contributed by atoms with Crippen LogP contribution < -0.4 is 5.73 Å². The molecule has 1 aromatic rings. The quantitative estimate of drug-likeness (QED) is 0.401. The third-order valence-electron chi connectivity index (χ3n) is 2.09. The van der Waals surface area contributed by atoms with Gasteiger partial charge in [0.25, 0.3) is 6.47 Å². The molecular formula is C11H18N4O6. The van der Waals surface area contributed by atoms with Crippen LogP contribution in [0.4, 0.5) is 0 Å². The first-order chi connectivity index (χ1) is 10.0. The SMILES string of the molecule is NC(=O)COCC(=O)N(CCO)Cc1ncc[nH]1.O=CO. The lowest BCUT2D eigenvalue weighted by atomic mass is 10.4. The molecule has 0 unspecified atom stereocenters. The summed E-state index contributed by atoms with van der Waals surface area (Å²) in [6, 6.07) is 0. The highest BCUT2D eigenvalue weighted by Gasteiger charge is 2.15. The Bertz CT molecular complexity index is 422. The Morgan fingerprint density at radius 1 is 1.48 bits per heavy atom. The van der Waals surface area contributed by atoms with E-state index in [-0.39, 0.29) is 45.3 Å². The summed E-state index contributed by atoms with van der Waals surface area (Å²) < 4.78 is 4.83. The minimum Gasteiger partial charge on any atom is -0.483 e. The molecule has 1 rings (SSSR count). The number of imidazole rings is 1. The molecule has 10 heteroatoms. The van der Waals surface area contributed by atoms with Crippen molar-refractivity contribution in [2.75, 3.05) is 26.4 Å². The summed E-state index contributed by atoms with van der Waals surface area (Å²) in [5.41, 5.74) is 4.88. The van der Waals surface area contributed by atoms with Gasteiger partial charge < -0.3 is 30.6 Å². The van der Waals surface area contributed by atoms with E-state index in [4.69, 9.17) is 25.5 Å². The van der Waals surface area contributed by atoms with Gasteiger partial charge in [0.15, 0.2) is 0 Å². The van der Waals surface area contributed by atoms with E-state index in [1.165, 1.54) is 4.90 Å². The number of aromatic nitrogens is 2. The first-order valence-corrected chi connectivity index (χ1v) is 5.85. The Morgan fingerprint density at radius 2 is 2.14 bits per heavy atom. The molecule has 2 amide bonds. The molecule has 0 aliphatic carbocycles. The second-order valence-electron chi connectivity index (χ2n) is 3.64. The number of primary amides is 1. The first-order valence-electron chi connectivity index (χ1n) is 5.85. The van der Waals surface area contributed by atoms with E-state index in [1.807, 2.05) is 0 Å². The maximum absolute atomic E-state index is 11.7. The lowest BCUT2D eigenvalue weighted by molar-refractivity contribution is -0.139. The van der Waals surface area contributed by atoms with Gasteiger partial charge in [-0.05, 0) is 0 Å². The van der Waals surface area contributed by atoms with E-state index in [1.54, 1.807) is 12.4 Å². The topological polar surface area (TPSA) is 159 Å². The Hall–Kier alpha value is -2.46. The van der Waals surface area contributed by atoms with Crippen molar-refractivity contribution in [2.45, 2.75) is 6.54 Å². The predicted molar refractivity (Wildman–Crippen MR) is 69.8 cm³/mol. The molecule has 0 aromatic carbocycles. The summed E-state index contributed by atoms with van der Waals surface area (Å²) in [4.78, 5) is 38.8. The lowest BCUT2D eigenvalue weighted by Crippen LogP contribution is -2.36. The number of rotatable bonds is 8. The van der Waals surface area contributed by atoms with Crippen LogP contribution in [0.2, 0.25) is 0 Å². The number of nitrogens with zero attached hydrogens (tertiary/aromatic N) is 2. The summed E-state index contributed by atoms with van der Waals surface area (Å²) in [5.74, 6) is -0.379. The fraction of sp³-hybridized carbons (Fsp3) is 0.455. The standard InChI is InChI=1S/C10H16N4O4.CH2O2/c11-8(16)6-18-7-10(17)14(3-4-15)5-9-12-1-2-13-9;2-1-3/h1-2,15H,3-7H2,(H2,11,16)(H,12,13);1H,(H,2,3). The zero-order valence-electron chi connectivity index (χ0n) is 11.3. The van der Waals surface area contributed by atoms with E-state index in [0.29, 0.717) is 5.82 Å². The van der Waals surface area contributed by atoms with Crippen molar-refractivity contribution in [2.24, 2.45) is 5.73 Å². The number of carbonyl (C=O) groups is 3. The molecule has 0 atom stereocenters. The third-order valence-corrected chi connectivity index (χ3v) is 2.09. The summed E-state index contributed by atoms with van der Waals surface area (Å²) in [6.45, 7) is -0.572. The molecule has 10 nitrogen and oxygen atoms in total. The maximum atomic E-state index is 11.7. The number of hydrogen-bond donors (Lipinski definition) is 4. The van der Waals surface area contributed by atoms with Gasteiger partial charge in [-0.15, -0.1) is 0 Å². The Labute approximate surface area is 120 Å². The maximum Gasteiger partial charge on any atom is 0.290 e. The van der Waals surface area contributed by atoms with Gasteiger partial charge >= 0.3 is 0 Å². The third kappa shape index (κ3) is 9.13. The van der Waals surface area contributed by atoms with Crippen LogP contribution in [0.3, 0.4) is 0 Å². The van der Waals surface area contributed by atoms with Crippen molar-refractivity contribution in [3.05, 3.63) is 18.2 Å². The van der Waals surface area contributed by atoms with Crippen LogP contribution in [0.15, 0.2) is 12.4 Å². The molecule has 118 valence electrons. The number of nitrogens with two attached hydrogens (primary N) is 1. The number of aliphatic hydroxyl groups excluding tert-OH is 1. The Morgan fingerprint density at radius 3 is 2.62 bits per heavy atom. The van der Waals surface area contributed by atoms with Gasteiger partial charge in [-0.3, -0.25) is 14.4 Å². The predicted octanol–water partition coefficient (Wildman–Crippen LogP) is -2.07. The molecule has 0 bridgehead atoms. The molecule has 0 saturated carbocycles. The zero-order chi connectivity index (χ0) is 16.1. The highest BCUT2D eigenvalue weighted by molar-refractivity contribution is 5.78. The van der Waals surface area contributed by atoms with Crippen molar-refractivity contribution >= 4 is 18.3 Å². The molecule has 0 saturated heterocycles. The van der Waals surface area contributed by atoms with Crippen LogP contribution in [-0.2, 0) is 25.7 Å². The van der Waals surface area contributed by atoms with E-state index >= 15 is 0 Å². The molecular weight excluding hydrogens is 284 g/mol. The van der Waals surface area contributed by atoms with Crippen molar-refractivity contribution in [3.63, 3.8) is 0 Å². The fourth-order valence-electron chi connectivity index (χ4n) is 1.31. The minimum atomic E-state index is -0.637. The van der Waals surface area contributed by atoms with Crippen LogP contribution in [0.5, 0.6) is 0 Å². The normalized spacial score (nSPS) is 9.38. The van der Waals surface area contributed by atoms with Crippen molar-refractivity contribution in [3.8, 4) is 0 Å². The lowest BCUT2D eigenvalue weighted by Gasteiger charge is -2.20. The van der Waals surface area contributed by atoms with Crippen molar-refractivity contribution in [1.82, 2.24) is 14.9 Å². The molecule has 1 aromatic heterocycles. The molecule has 0 aliphatic rings. The summed E-state index contributed by atoms with van der Waals surface area (Å²) in [5, 5.41) is 15.8. The van der Waals surface area contributed by atoms with Gasteiger partial charge in [-0.25, -0.2) is 4.98 Å². The number of carboxylic acid groups (broad SMARTS) is 1. The molecule has 0 aliphatic heterocycles.